The van der Waals surface area contributed by atoms with Gasteiger partial charge in [-0.15, -0.1) is 0 Å². The van der Waals surface area contributed by atoms with Gasteiger partial charge in [0.15, 0.2) is 0 Å². The molecule has 71 heavy (non-hydrogen) atoms. The van der Waals surface area contributed by atoms with Crippen molar-refractivity contribution in [2.45, 2.75) is 255 Å². The van der Waals surface area contributed by atoms with Crippen molar-refractivity contribution >= 4 is 127 Å². The molecule has 0 aliphatic carbocycles. The van der Waals surface area contributed by atoms with E-state index in [1.165, 1.54) is 175 Å². The zero-order valence-corrected chi connectivity index (χ0v) is 57.9. The number of hydrogen-bond acceptors (Lipinski definition) is 12. The van der Waals surface area contributed by atoms with E-state index >= 15 is 0 Å². The molecule has 0 spiro atoms. The maximum atomic E-state index is 10.0. The Morgan fingerprint density at radius 2 is 0.507 bits per heavy atom. The van der Waals surface area contributed by atoms with Crippen LogP contribution in [0.5, 0.6) is 0 Å². The van der Waals surface area contributed by atoms with Crippen molar-refractivity contribution in [2.24, 2.45) is 23.7 Å². The summed E-state index contributed by atoms with van der Waals surface area (Å²) in [6.45, 7) is 27.0. The SMILES string of the molecule is CC(C)CCCCCSCC(=O)[O-].CC(C)CCCCCSCC(=O)[O-].CC(C)CCCCCSCC(=O)[O-].CC(C)CCCCCSCC(=O)[O-].CCC[CH2][Sn][CH2]CCC.CCC[CH2][Sn][CH2]CCC.[S-2]. The van der Waals surface area contributed by atoms with Crippen molar-refractivity contribution in [1.82, 2.24) is 0 Å². The van der Waals surface area contributed by atoms with Crippen molar-refractivity contribution in [2.75, 3.05) is 46.0 Å². The Hall–Kier alpha value is 1.23. The summed E-state index contributed by atoms with van der Waals surface area (Å²) in [6, 6.07) is 0. The summed E-state index contributed by atoms with van der Waals surface area (Å²) in [4.78, 5) is 40.2. The first-order valence-corrected chi connectivity index (χ1v) is 40.5. The average Bonchev–Trinajstić information content (AvgIpc) is 3.28. The first-order valence-electron chi connectivity index (χ1n) is 27.9. The van der Waals surface area contributed by atoms with Crippen LogP contribution in [-0.4, -0.2) is 112 Å². The van der Waals surface area contributed by atoms with Gasteiger partial charge in [0.1, 0.15) is 0 Å². The summed E-state index contributed by atoms with van der Waals surface area (Å²) < 4.78 is 6.50. The van der Waals surface area contributed by atoms with E-state index in [-0.39, 0.29) is 78.8 Å². The van der Waals surface area contributed by atoms with Crippen molar-refractivity contribution < 1.29 is 39.6 Å². The zero-order valence-electron chi connectivity index (χ0n) is 48.1. The second kappa shape index (κ2) is 77.7. The van der Waals surface area contributed by atoms with Crippen LogP contribution in [-0.2, 0) is 32.7 Å². The number of carboxylic acid groups (broad SMARTS) is 4. The fourth-order valence-electron chi connectivity index (χ4n) is 5.81. The van der Waals surface area contributed by atoms with E-state index in [1.54, 1.807) is 17.7 Å². The molecule has 8 nitrogen and oxygen atoms in total. The molecule has 0 aromatic heterocycles. The van der Waals surface area contributed by atoms with Gasteiger partial charge in [-0.1, -0.05) is 132 Å². The van der Waals surface area contributed by atoms with Gasteiger partial charge in [-0.3, -0.25) is 0 Å². The second-order valence-corrected chi connectivity index (χ2v) is 32.6. The fraction of sp³-hybridized carbons (Fsp3) is 0.929. The van der Waals surface area contributed by atoms with Gasteiger partial charge in [-0.2, -0.15) is 47.0 Å². The quantitative estimate of drug-likeness (QED) is 0.0420. The van der Waals surface area contributed by atoms with Crippen molar-refractivity contribution in [3.63, 3.8) is 0 Å². The third kappa shape index (κ3) is 120. The number of aliphatic carboxylic acids is 4. The topological polar surface area (TPSA) is 161 Å². The van der Waals surface area contributed by atoms with Crippen LogP contribution in [0.1, 0.15) is 237 Å². The Morgan fingerprint density at radius 3 is 0.648 bits per heavy atom. The molecule has 0 N–H and O–H groups in total. The van der Waals surface area contributed by atoms with E-state index in [1.807, 2.05) is 0 Å². The maximum Gasteiger partial charge on any atom is -2.00 e. The minimum absolute atomic E-state index is 0. The Kier molecular flexibility index (Phi) is 94.3. The smallest absolute Gasteiger partial charge is 2.00 e. The van der Waals surface area contributed by atoms with Crippen LogP contribution in [0, 0.1) is 23.7 Å². The molecule has 0 unspecified atom stereocenters. The molecular weight excluding hydrogens is 1200 g/mol. The van der Waals surface area contributed by atoms with Gasteiger partial charge in [0.25, 0.3) is 0 Å². The Labute approximate surface area is 486 Å². The molecule has 0 atom stereocenters. The van der Waals surface area contributed by atoms with Gasteiger partial charge >= 0.3 is 139 Å². The fourth-order valence-corrected chi connectivity index (χ4v) is 17.0. The standard InChI is InChI=1S/4C10H20O2S.4C4H9.S.2Sn/c4*1-9(2)6-4-3-5-7-13-8-10(11)12;4*1-3-4-2;;;/h4*9H,3-8H2,1-2H3,(H,11,12);4*1,3-4H2,2H3;;;/q;;;;;;;;-2;;/p-4. The monoisotopic (exact) mass is 1310 g/mol. The Morgan fingerprint density at radius 1 is 0.324 bits per heavy atom. The third-order valence-corrected chi connectivity index (χ3v) is 22.1. The predicted molar refractivity (Wildman–Crippen MR) is 320 cm³/mol. The molecule has 0 bridgehead atoms. The van der Waals surface area contributed by atoms with Crippen LogP contribution in [0.2, 0.25) is 17.7 Å². The van der Waals surface area contributed by atoms with E-state index in [4.69, 9.17) is 0 Å². The Balaban J connectivity index is -0.000000139. The van der Waals surface area contributed by atoms with Gasteiger partial charge in [-0.25, -0.2) is 0 Å². The molecule has 0 fully saturated rings. The van der Waals surface area contributed by atoms with E-state index < -0.39 is 23.9 Å². The molecule has 0 aromatic rings. The molecule has 0 aliphatic rings. The number of rotatable bonds is 44. The summed E-state index contributed by atoms with van der Waals surface area (Å²) in [5.41, 5.74) is 0. The van der Waals surface area contributed by atoms with E-state index in [9.17, 15) is 39.6 Å². The van der Waals surface area contributed by atoms with E-state index in [2.05, 4.69) is 83.1 Å². The minimum Gasteiger partial charge on any atom is -2.00 e. The summed E-state index contributed by atoms with van der Waals surface area (Å²) in [5, 5.41) is 40.2. The summed E-state index contributed by atoms with van der Waals surface area (Å²) in [6.07, 6.45) is 31.3. The van der Waals surface area contributed by atoms with Gasteiger partial charge in [0.05, 0.1) is 23.9 Å². The van der Waals surface area contributed by atoms with Crippen molar-refractivity contribution in [3.05, 3.63) is 0 Å². The van der Waals surface area contributed by atoms with Gasteiger partial charge in [0, 0.05) is 23.0 Å². The number of carboxylic acids is 4. The number of carbonyl (C=O) groups is 4. The second-order valence-electron chi connectivity index (χ2n) is 19.6. The molecule has 0 aliphatic heterocycles. The number of hydrogen-bond donors (Lipinski definition) is 0. The molecule has 15 heteroatoms. The molecular formula is C56H112O8S5Sn2-6. The average molecular weight is 1310 g/mol. The van der Waals surface area contributed by atoms with Gasteiger partial charge < -0.3 is 53.1 Å². The summed E-state index contributed by atoms with van der Waals surface area (Å²) in [7, 11) is 0. The minimum atomic E-state index is -0.952. The van der Waals surface area contributed by atoms with Gasteiger partial charge in [-0.05, 0) is 72.4 Å². The molecule has 0 amide bonds. The normalized spacial score (nSPS) is 10.4. The largest absolute Gasteiger partial charge is 2.00 e. The third-order valence-electron chi connectivity index (χ3n) is 9.99. The first kappa shape index (κ1) is 86.1. The number of unbranched alkanes of at least 4 members (excludes halogenated alkanes) is 12. The Bertz CT molecular complexity index is 876. The molecule has 428 valence electrons. The molecule has 0 rings (SSSR count). The number of thioether (sulfide) groups is 4. The van der Waals surface area contributed by atoms with Crippen LogP contribution in [0.25, 0.3) is 0 Å². The number of carbonyl (C=O) groups excluding carboxylic acids is 4. The molecule has 0 saturated carbocycles. The molecule has 0 saturated heterocycles. The van der Waals surface area contributed by atoms with Gasteiger partial charge in [0.2, 0.25) is 0 Å². The van der Waals surface area contributed by atoms with E-state index in [0.717, 1.165) is 72.4 Å². The van der Waals surface area contributed by atoms with Crippen LogP contribution >= 0.6 is 47.0 Å². The zero-order chi connectivity index (χ0) is 54.3. The van der Waals surface area contributed by atoms with Crippen LogP contribution in [0.4, 0.5) is 0 Å². The summed E-state index contributed by atoms with van der Waals surface area (Å²) >= 11 is 6.13. The molecule has 0 heterocycles. The molecule has 4 radical (unpaired) electrons. The van der Waals surface area contributed by atoms with Crippen molar-refractivity contribution in [1.29, 1.82) is 0 Å². The van der Waals surface area contributed by atoms with Crippen LogP contribution < -0.4 is 20.4 Å². The van der Waals surface area contributed by atoms with Crippen LogP contribution in [0.15, 0.2) is 0 Å². The first-order chi connectivity index (χ1) is 33.3. The predicted octanol–water partition coefficient (Wildman–Crippen LogP) is 13.0. The molecule has 0 aromatic carbocycles. The maximum absolute atomic E-state index is 10.0. The van der Waals surface area contributed by atoms with E-state index in [0.29, 0.717) is 0 Å². The van der Waals surface area contributed by atoms with Crippen LogP contribution in [0.3, 0.4) is 0 Å². The summed E-state index contributed by atoms with van der Waals surface area (Å²) in [5.74, 6) is 3.72. The van der Waals surface area contributed by atoms with Crippen molar-refractivity contribution in [3.8, 4) is 0 Å².